The molecule has 1 saturated heterocycles. The number of carbonyl (C=O) groups is 1. The largest absolute Gasteiger partial charge is 0.316 e. The van der Waals surface area contributed by atoms with Gasteiger partial charge in [-0.2, -0.15) is 0 Å². The van der Waals surface area contributed by atoms with Gasteiger partial charge in [-0.15, -0.1) is 10.2 Å². The van der Waals surface area contributed by atoms with E-state index < -0.39 is 0 Å². The van der Waals surface area contributed by atoms with Crippen LogP contribution >= 0.6 is 11.3 Å². The van der Waals surface area contributed by atoms with Crippen LogP contribution in [0.5, 0.6) is 0 Å². The first-order valence-electron chi connectivity index (χ1n) is 6.02. The number of nitrogens with zero attached hydrogens (tertiary/aromatic N) is 2. The molecule has 2 rings (SSSR count). The lowest BCUT2D eigenvalue weighted by atomic mass is 9.85. The molecule has 0 aliphatic carbocycles. The molecular weight excluding hydrogens is 236 g/mol. The first-order valence-corrected chi connectivity index (χ1v) is 6.90. The summed E-state index contributed by atoms with van der Waals surface area (Å²) in [5.41, 5.74) is 1.62. The molecule has 1 aromatic heterocycles. The third-order valence-corrected chi connectivity index (χ3v) is 3.86. The minimum Gasteiger partial charge on any atom is -0.316 e. The van der Waals surface area contributed by atoms with Gasteiger partial charge in [-0.1, -0.05) is 18.3 Å². The first kappa shape index (κ1) is 12.4. The smallest absolute Gasteiger partial charge is 0.226 e. The van der Waals surface area contributed by atoms with E-state index in [-0.39, 0.29) is 5.91 Å². The molecule has 2 atom stereocenters. The van der Waals surface area contributed by atoms with E-state index in [0.717, 1.165) is 13.1 Å². The van der Waals surface area contributed by atoms with E-state index in [0.29, 0.717) is 23.4 Å². The summed E-state index contributed by atoms with van der Waals surface area (Å²) < 4.78 is 0. The van der Waals surface area contributed by atoms with Gasteiger partial charge in [0.1, 0.15) is 5.51 Å². The molecule has 0 spiro atoms. The third-order valence-electron chi connectivity index (χ3n) is 3.25. The van der Waals surface area contributed by atoms with Crippen molar-refractivity contribution in [2.45, 2.75) is 26.2 Å². The van der Waals surface area contributed by atoms with Crippen LogP contribution in [0, 0.1) is 11.8 Å². The highest BCUT2D eigenvalue weighted by Gasteiger charge is 2.22. The van der Waals surface area contributed by atoms with E-state index in [9.17, 15) is 4.79 Å². The Morgan fingerprint density at radius 1 is 1.76 bits per heavy atom. The Kier molecular flexibility index (Phi) is 4.44. The van der Waals surface area contributed by atoms with Crippen LogP contribution in [0.25, 0.3) is 0 Å². The van der Waals surface area contributed by atoms with Gasteiger partial charge in [0, 0.05) is 6.42 Å². The van der Waals surface area contributed by atoms with Gasteiger partial charge in [-0.25, -0.2) is 0 Å². The quantitative estimate of drug-likeness (QED) is 0.854. The van der Waals surface area contributed by atoms with Crippen LogP contribution in [0.3, 0.4) is 0 Å². The Hall–Kier alpha value is -1.01. The summed E-state index contributed by atoms with van der Waals surface area (Å²) in [5, 5.41) is 14.2. The third kappa shape index (κ3) is 3.74. The molecule has 1 aliphatic heterocycles. The lowest BCUT2D eigenvalue weighted by molar-refractivity contribution is -0.117. The second-order valence-corrected chi connectivity index (χ2v) is 5.41. The predicted molar refractivity (Wildman–Crippen MR) is 67.9 cm³/mol. The summed E-state index contributed by atoms with van der Waals surface area (Å²) in [6.45, 7) is 4.30. The van der Waals surface area contributed by atoms with Gasteiger partial charge in [-0.3, -0.25) is 4.79 Å². The zero-order chi connectivity index (χ0) is 12.1. The molecule has 0 bridgehead atoms. The van der Waals surface area contributed by atoms with Gasteiger partial charge in [0.15, 0.2) is 0 Å². The number of nitrogens with one attached hydrogen (secondary N) is 2. The van der Waals surface area contributed by atoms with Crippen LogP contribution in [0.1, 0.15) is 26.2 Å². The Labute approximate surface area is 105 Å². The minimum atomic E-state index is 0.0415. The summed E-state index contributed by atoms with van der Waals surface area (Å²) in [4.78, 5) is 11.8. The molecule has 2 unspecified atom stereocenters. The summed E-state index contributed by atoms with van der Waals surface area (Å²) >= 11 is 1.35. The van der Waals surface area contributed by atoms with Crippen LogP contribution in [0.15, 0.2) is 5.51 Å². The van der Waals surface area contributed by atoms with Crippen LogP contribution in [-0.4, -0.2) is 29.2 Å². The first-order chi connectivity index (χ1) is 8.25. The number of carbonyl (C=O) groups excluding carboxylic acids is 1. The number of rotatable bonds is 4. The van der Waals surface area contributed by atoms with Gasteiger partial charge in [0.25, 0.3) is 0 Å². The number of piperidine rings is 1. The molecule has 0 saturated carbocycles. The summed E-state index contributed by atoms with van der Waals surface area (Å²) in [7, 11) is 0. The van der Waals surface area contributed by atoms with Crippen molar-refractivity contribution in [3.8, 4) is 0 Å². The van der Waals surface area contributed by atoms with Crippen LogP contribution in [0.2, 0.25) is 0 Å². The second-order valence-electron chi connectivity index (χ2n) is 4.58. The van der Waals surface area contributed by atoms with Gasteiger partial charge in [0.05, 0.1) is 0 Å². The highest BCUT2D eigenvalue weighted by molar-refractivity contribution is 7.13. The molecule has 0 radical (unpaired) electrons. The summed E-state index contributed by atoms with van der Waals surface area (Å²) in [6, 6.07) is 0. The van der Waals surface area contributed by atoms with E-state index in [4.69, 9.17) is 0 Å². The Morgan fingerprint density at radius 2 is 2.65 bits per heavy atom. The molecule has 2 heterocycles. The van der Waals surface area contributed by atoms with E-state index in [1.165, 1.54) is 24.2 Å². The Balaban J connectivity index is 1.77. The van der Waals surface area contributed by atoms with Gasteiger partial charge in [-0.05, 0) is 37.8 Å². The predicted octanol–water partition coefficient (Wildman–Crippen LogP) is 1.50. The van der Waals surface area contributed by atoms with Crippen molar-refractivity contribution >= 4 is 22.4 Å². The van der Waals surface area contributed by atoms with Crippen molar-refractivity contribution in [2.24, 2.45) is 11.8 Å². The number of amides is 1. The lowest BCUT2D eigenvalue weighted by Crippen LogP contribution is -2.34. The van der Waals surface area contributed by atoms with Crippen molar-refractivity contribution in [1.29, 1.82) is 0 Å². The topological polar surface area (TPSA) is 66.9 Å². The van der Waals surface area contributed by atoms with Crippen LogP contribution in [0.4, 0.5) is 5.13 Å². The Morgan fingerprint density at radius 3 is 3.29 bits per heavy atom. The maximum atomic E-state index is 11.8. The lowest BCUT2D eigenvalue weighted by Gasteiger charge is -2.27. The average molecular weight is 254 g/mol. The van der Waals surface area contributed by atoms with Crippen LogP contribution < -0.4 is 10.6 Å². The van der Waals surface area contributed by atoms with Crippen molar-refractivity contribution in [3.63, 3.8) is 0 Å². The van der Waals surface area contributed by atoms with Crippen molar-refractivity contribution < 1.29 is 4.79 Å². The minimum absolute atomic E-state index is 0.0415. The number of hydrogen-bond acceptors (Lipinski definition) is 5. The second kappa shape index (κ2) is 6.07. The molecule has 17 heavy (non-hydrogen) atoms. The highest BCUT2D eigenvalue weighted by Crippen LogP contribution is 2.23. The zero-order valence-corrected chi connectivity index (χ0v) is 10.8. The van der Waals surface area contributed by atoms with Gasteiger partial charge < -0.3 is 10.6 Å². The van der Waals surface area contributed by atoms with Gasteiger partial charge >= 0.3 is 0 Å². The molecule has 1 fully saturated rings. The molecule has 1 aliphatic rings. The Bertz CT molecular complexity index is 348. The fraction of sp³-hybridized carbons (Fsp3) is 0.727. The number of anilines is 1. The monoisotopic (exact) mass is 254 g/mol. The fourth-order valence-corrected chi connectivity index (χ4v) is 2.68. The maximum Gasteiger partial charge on any atom is 0.226 e. The van der Waals surface area contributed by atoms with E-state index in [1.54, 1.807) is 5.51 Å². The van der Waals surface area contributed by atoms with E-state index >= 15 is 0 Å². The molecule has 94 valence electrons. The van der Waals surface area contributed by atoms with E-state index in [2.05, 4.69) is 27.8 Å². The van der Waals surface area contributed by atoms with E-state index in [1.807, 2.05) is 0 Å². The molecule has 6 heteroatoms. The van der Waals surface area contributed by atoms with Crippen molar-refractivity contribution in [2.75, 3.05) is 18.4 Å². The molecule has 1 aromatic rings. The number of aromatic nitrogens is 2. The van der Waals surface area contributed by atoms with Gasteiger partial charge in [0.2, 0.25) is 11.0 Å². The molecule has 5 nitrogen and oxygen atoms in total. The van der Waals surface area contributed by atoms with Crippen LogP contribution in [-0.2, 0) is 4.79 Å². The molecule has 2 N–H and O–H groups in total. The SMILES string of the molecule is CC(CC(=O)Nc1nncs1)C1CCCNC1. The number of hydrogen-bond donors (Lipinski definition) is 2. The molecule has 1 amide bonds. The zero-order valence-electron chi connectivity index (χ0n) is 9.98. The maximum absolute atomic E-state index is 11.8. The molecular formula is C11H18N4OS. The van der Waals surface area contributed by atoms with Crippen molar-refractivity contribution in [1.82, 2.24) is 15.5 Å². The van der Waals surface area contributed by atoms with Crippen molar-refractivity contribution in [3.05, 3.63) is 5.51 Å². The summed E-state index contributed by atoms with van der Waals surface area (Å²) in [6.07, 6.45) is 3.00. The normalized spacial score (nSPS) is 22.1. The molecule has 0 aromatic carbocycles. The fourth-order valence-electron chi connectivity index (χ4n) is 2.22. The highest BCUT2D eigenvalue weighted by atomic mass is 32.1. The average Bonchev–Trinajstić information content (AvgIpc) is 2.82. The summed E-state index contributed by atoms with van der Waals surface area (Å²) in [5.74, 6) is 1.07. The standard InChI is InChI=1S/C11H18N4OS/c1-8(9-3-2-4-12-6-9)5-10(16)14-11-15-13-7-17-11/h7-9,12H,2-6H2,1H3,(H,14,15,16).